The van der Waals surface area contributed by atoms with Gasteiger partial charge in [-0.2, -0.15) is 0 Å². The summed E-state index contributed by atoms with van der Waals surface area (Å²) in [4.78, 5) is 17.9. The van der Waals surface area contributed by atoms with E-state index in [0.29, 0.717) is 5.52 Å². The van der Waals surface area contributed by atoms with Crippen molar-refractivity contribution in [1.82, 2.24) is 9.38 Å². The van der Waals surface area contributed by atoms with E-state index < -0.39 is 0 Å². The lowest BCUT2D eigenvalue weighted by Gasteiger charge is -2.05. The standard InChI is InChI=1S/C30H16N2OS/c33-30-28-20(8-4-14-31-28)21-6-3-7-22-23-15-17(10-12-25(23)32(30)29(21)22)18-11-13-27-24(16-18)19-5-1-2-9-26(19)34-27/h1-16H. The average Bonchev–Trinajstić information content (AvgIpc) is 3.43. The zero-order chi connectivity index (χ0) is 22.4. The van der Waals surface area contributed by atoms with Gasteiger partial charge in [-0.15, -0.1) is 11.3 Å². The fourth-order valence-electron chi connectivity index (χ4n) is 5.48. The Morgan fingerprint density at radius 3 is 2.24 bits per heavy atom. The Morgan fingerprint density at radius 1 is 0.618 bits per heavy atom. The highest BCUT2D eigenvalue weighted by Crippen LogP contribution is 2.39. The molecule has 0 saturated carbocycles. The lowest BCUT2D eigenvalue weighted by atomic mass is 10.0. The van der Waals surface area contributed by atoms with Gasteiger partial charge in [-0.25, -0.2) is 0 Å². The third-order valence-corrected chi connectivity index (χ3v) is 8.15. The predicted molar refractivity (Wildman–Crippen MR) is 143 cm³/mol. The van der Waals surface area contributed by atoms with Crippen LogP contribution in [-0.2, 0) is 0 Å². The van der Waals surface area contributed by atoms with Gasteiger partial charge in [-0.05, 0) is 47.5 Å². The van der Waals surface area contributed by atoms with Crippen LogP contribution in [0.2, 0.25) is 0 Å². The third-order valence-electron chi connectivity index (χ3n) is 7.00. The Labute approximate surface area is 197 Å². The molecular formula is C30H16N2OS. The molecule has 34 heavy (non-hydrogen) atoms. The quantitative estimate of drug-likeness (QED) is 0.240. The van der Waals surface area contributed by atoms with Crippen molar-refractivity contribution < 1.29 is 0 Å². The van der Waals surface area contributed by atoms with Gasteiger partial charge in [0.25, 0.3) is 5.56 Å². The first-order chi connectivity index (χ1) is 16.8. The zero-order valence-corrected chi connectivity index (χ0v) is 18.8. The van der Waals surface area contributed by atoms with Gasteiger partial charge in [0.15, 0.2) is 0 Å². The Morgan fingerprint density at radius 2 is 1.32 bits per heavy atom. The fourth-order valence-corrected chi connectivity index (χ4v) is 6.57. The summed E-state index contributed by atoms with van der Waals surface area (Å²) in [5, 5.41) is 6.74. The molecule has 0 spiro atoms. The minimum absolute atomic E-state index is 0.0618. The number of para-hydroxylation sites is 1. The van der Waals surface area contributed by atoms with Crippen molar-refractivity contribution in [2.24, 2.45) is 0 Å². The molecule has 0 radical (unpaired) electrons. The van der Waals surface area contributed by atoms with Gasteiger partial charge in [-0.3, -0.25) is 14.2 Å². The zero-order valence-electron chi connectivity index (χ0n) is 17.9. The van der Waals surface area contributed by atoms with Gasteiger partial charge in [-0.1, -0.05) is 54.6 Å². The van der Waals surface area contributed by atoms with Gasteiger partial charge in [0.05, 0.1) is 11.0 Å². The van der Waals surface area contributed by atoms with E-state index in [1.54, 1.807) is 6.20 Å². The molecule has 0 aliphatic heterocycles. The SMILES string of the molecule is O=c1c2ncccc2c2cccc3c4cc(-c5ccc6sc7ccccc7c6c5)ccc4n1c23. The molecule has 0 aliphatic carbocycles. The smallest absolute Gasteiger partial charge is 0.274 e. The molecule has 8 rings (SSSR count). The molecule has 4 heteroatoms. The van der Waals surface area contributed by atoms with Gasteiger partial charge in [0.2, 0.25) is 0 Å². The van der Waals surface area contributed by atoms with Crippen LogP contribution in [0.3, 0.4) is 0 Å². The summed E-state index contributed by atoms with van der Waals surface area (Å²) in [5.74, 6) is 0. The van der Waals surface area contributed by atoms with Crippen LogP contribution in [0.15, 0.2) is 102 Å². The summed E-state index contributed by atoms with van der Waals surface area (Å²) in [5.41, 5.74) is 4.68. The molecule has 4 aromatic heterocycles. The lowest BCUT2D eigenvalue weighted by Crippen LogP contribution is -2.13. The van der Waals surface area contributed by atoms with Crippen LogP contribution >= 0.6 is 11.3 Å². The van der Waals surface area contributed by atoms with Gasteiger partial charge in [0.1, 0.15) is 5.52 Å². The number of thiophene rings is 1. The summed E-state index contributed by atoms with van der Waals surface area (Å²) in [6.45, 7) is 0. The first-order valence-corrected chi connectivity index (χ1v) is 12.1. The Hall–Kier alpha value is -4.28. The normalized spacial score (nSPS) is 12.2. The van der Waals surface area contributed by atoms with Crippen molar-refractivity contribution in [3.63, 3.8) is 0 Å². The summed E-state index contributed by atoms with van der Waals surface area (Å²) in [7, 11) is 0. The molecule has 0 saturated heterocycles. The molecule has 158 valence electrons. The van der Waals surface area contributed by atoms with Crippen LogP contribution in [0.4, 0.5) is 0 Å². The molecule has 8 aromatic rings. The van der Waals surface area contributed by atoms with E-state index in [0.717, 1.165) is 38.1 Å². The molecule has 4 aromatic carbocycles. The predicted octanol–water partition coefficient (Wildman–Crippen LogP) is 7.63. The van der Waals surface area contributed by atoms with Crippen molar-refractivity contribution in [2.45, 2.75) is 0 Å². The van der Waals surface area contributed by atoms with Crippen LogP contribution < -0.4 is 5.56 Å². The van der Waals surface area contributed by atoms with Gasteiger partial charge < -0.3 is 0 Å². The Balaban J connectivity index is 1.46. The number of hydrogen-bond acceptors (Lipinski definition) is 3. The average molecular weight is 453 g/mol. The molecule has 3 nitrogen and oxygen atoms in total. The maximum atomic E-state index is 13.5. The van der Waals surface area contributed by atoms with Crippen molar-refractivity contribution in [2.75, 3.05) is 0 Å². The van der Waals surface area contributed by atoms with E-state index in [1.165, 1.54) is 25.7 Å². The Bertz CT molecular complexity index is 2150. The number of pyridine rings is 2. The van der Waals surface area contributed by atoms with E-state index in [-0.39, 0.29) is 5.56 Å². The Kier molecular flexibility index (Phi) is 3.42. The highest BCUT2D eigenvalue weighted by atomic mass is 32.1. The second kappa shape index (κ2) is 6.40. The number of benzene rings is 4. The summed E-state index contributed by atoms with van der Waals surface area (Å²) in [6, 6.07) is 31.9. The molecular weight excluding hydrogens is 436 g/mol. The maximum absolute atomic E-state index is 13.5. The van der Waals surface area contributed by atoms with Crippen LogP contribution in [-0.4, -0.2) is 9.38 Å². The fraction of sp³-hybridized carbons (Fsp3) is 0. The molecule has 0 unspecified atom stereocenters. The lowest BCUT2D eigenvalue weighted by molar-refractivity contribution is 1.18. The summed E-state index contributed by atoms with van der Waals surface area (Å²) in [6.07, 6.45) is 1.69. The molecule has 0 N–H and O–H groups in total. The number of aromatic nitrogens is 2. The minimum Gasteiger partial charge on any atom is -0.274 e. The summed E-state index contributed by atoms with van der Waals surface area (Å²) < 4.78 is 4.45. The highest BCUT2D eigenvalue weighted by molar-refractivity contribution is 7.25. The van der Waals surface area contributed by atoms with Gasteiger partial charge in [0, 0.05) is 47.9 Å². The maximum Gasteiger partial charge on any atom is 0.282 e. The molecule has 0 amide bonds. The van der Waals surface area contributed by atoms with E-state index >= 15 is 0 Å². The van der Waals surface area contributed by atoms with E-state index in [9.17, 15) is 4.79 Å². The topological polar surface area (TPSA) is 34.4 Å². The summed E-state index contributed by atoms with van der Waals surface area (Å²) >= 11 is 1.83. The van der Waals surface area contributed by atoms with Crippen molar-refractivity contribution >= 4 is 69.6 Å². The monoisotopic (exact) mass is 452 g/mol. The van der Waals surface area contributed by atoms with E-state index in [4.69, 9.17) is 0 Å². The van der Waals surface area contributed by atoms with E-state index in [2.05, 4.69) is 83.8 Å². The van der Waals surface area contributed by atoms with Crippen molar-refractivity contribution in [3.05, 3.63) is 108 Å². The van der Waals surface area contributed by atoms with Crippen LogP contribution in [0.25, 0.3) is 69.4 Å². The van der Waals surface area contributed by atoms with E-state index in [1.807, 2.05) is 27.9 Å². The number of rotatable bonds is 1. The van der Waals surface area contributed by atoms with Gasteiger partial charge >= 0.3 is 0 Å². The molecule has 0 bridgehead atoms. The first-order valence-electron chi connectivity index (χ1n) is 11.3. The van der Waals surface area contributed by atoms with Crippen LogP contribution in [0, 0.1) is 0 Å². The number of hydrogen-bond donors (Lipinski definition) is 0. The number of fused-ring (bicyclic) bond motifs is 8. The molecule has 0 fully saturated rings. The minimum atomic E-state index is -0.0618. The molecule has 4 heterocycles. The molecule has 0 aliphatic rings. The third kappa shape index (κ3) is 2.25. The van der Waals surface area contributed by atoms with Crippen LogP contribution in [0.5, 0.6) is 0 Å². The van der Waals surface area contributed by atoms with Crippen molar-refractivity contribution in [3.8, 4) is 11.1 Å². The second-order valence-electron chi connectivity index (χ2n) is 8.78. The number of nitrogens with zero attached hydrogens (tertiary/aromatic N) is 2. The largest absolute Gasteiger partial charge is 0.282 e. The first kappa shape index (κ1) is 18.2. The van der Waals surface area contributed by atoms with Crippen molar-refractivity contribution in [1.29, 1.82) is 0 Å². The highest BCUT2D eigenvalue weighted by Gasteiger charge is 2.18. The second-order valence-corrected chi connectivity index (χ2v) is 9.87. The van der Waals surface area contributed by atoms with Crippen LogP contribution in [0.1, 0.15) is 0 Å². The molecule has 0 atom stereocenters.